The summed E-state index contributed by atoms with van der Waals surface area (Å²) in [6.07, 6.45) is 11.9. The third-order valence-electron chi connectivity index (χ3n) is 5.74. The molecule has 1 N–H and O–H groups in total. The Labute approximate surface area is 181 Å². The first-order valence-electron chi connectivity index (χ1n) is 10.5. The highest BCUT2D eigenvalue weighted by Gasteiger charge is 2.22. The van der Waals surface area contributed by atoms with Crippen LogP contribution >= 0.6 is 0 Å². The SMILES string of the molecule is CCOc1ccc(Nc2nc(C3=CC4=C(CC3)C(C)N=C4)cn3ccnc23)cc1OC. The maximum Gasteiger partial charge on any atom is 0.180 e. The van der Waals surface area contributed by atoms with Crippen LogP contribution in [0.4, 0.5) is 11.5 Å². The van der Waals surface area contributed by atoms with E-state index in [4.69, 9.17) is 14.5 Å². The molecular weight excluding hydrogens is 390 g/mol. The molecule has 1 unspecified atom stereocenters. The fourth-order valence-electron chi connectivity index (χ4n) is 4.15. The van der Waals surface area contributed by atoms with E-state index in [1.807, 2.05) is 48.1 Å². The maximum atomic E-state index is 5.62. The molecule has 0 saturated carbocycles. The molecule has 7 nitrogen and oxygen atoms in total. The summed E-state index contributed by atoms with van der Waals surface area (Å²) in [7, 11) is 1.64. The van der Waals surface area contributed by atoms with Crippen molar-refractivity contribution in [1.29, 1.82) is 0 Å². The molecule has 7 heteroatoms. The number of nitrogens with zero attached hydrogens (tertiary/aromatic N) is 4. The van der Waals surface area contributed by atoms with E-state index in [9.17, 15) is 0 Å². The fourth-order valence-corrected chi connectivity index (χ4v) is 4.15. The van der Waals surface area contributed by atoms with Crippen molar-refractivity contribution in [2.45, 2.75) is 32.7 Å². The first-order chi connectivity index (χ1) is 15.2. The van der Waals surface area contributed by atoms with Crippen molar-refractivity contribution in [3.63, 3.8) is 0 Å². The highest BCUT2D eigenvalue weighted by atomic mass is 16.5. The van der Waals surface area contributed by atoms with Gasteiger partial charge in [0.25, 0.3) is 0 Å². The summed E-state index contributed by atoms with van der Waals surface area (Å²) >= 11 is 0. The number of anilines is 2. The highest BCUT2D eigenvalue weighted by molar-refractivity contribution is 5.91. The third-order valence-corrected chi connectivity index (χ3v) is 5.74. The first kappa shape index (κ1) is 19.4. The molecule has 31 heavy (non-hydrogen) atoms. The lowest BCUT2D eigenvalue weighted by atomic mass is 9.90. The molecule has 1 aromatic carbocycles. The second-order valence-corrected chi connectivity index (χ2v) is 7.66. The number of rotatable bonds is 6. The van der Waals surface area contributed by atoms with E-state index >= 15 is 0 Å². The molecule has 2 aliphatic rings. The minimum atomic E-state index is 0.295. The largest absolute Gasteiger partial charge is 0.493 e. The number of aromatic nitrogens is 3. The zero-order valence-electron chi connectivity index (χ0n) is 17.9. The van der Waals surface area contributed by atoms with Crippen LogP contribution in [0.2, 0.25) is 0 Å². The summed E-state index contributed by atoms with van der Waals surface area (Å²) in [5.74, 6) is 2.08. The second kappa shape index (κ2) is 7.91. The first-order valence-corrected chi connectivity index (χ1v) is 10.5. The molecule has 1 atom stereocenters. The number of hydrogen-bond acceptors (Lipinski definition) is 6. The van der Waals surface area contributed by atoms with Crippen LogP contribution in [0.25, 0.3) is 11.2 Å². The monoisotopic (exact) mass is 415 g/mol. The lowest BCUT2D eigenvalue weighted by Gasteiger charge is -2.18. The normalized spacial score (nSPS) is 17.6. The van der Waals surface area contributed by atoms with Crippen LogP contribution in [0.1, 0.15) is 32.4 Å². The molecule has 0 amide bonds. The van der Waals surface area contributed by atoms with Gasteiger partial charge in [0.2, 0.25) is 0 Å². The Morgan fingerprint density at radius 1 is 1.23 bits per heavy atom. The Hall–Kier alpha value is -3.61. The molecule has 3 heterocycles. The quantitative estimate of drug-likeness (QED) is 0.624. The molecule has 1 aliphatic heterocycles. The molecule has 1 aliphatic carbocycles. The second-order valence-electron chi connectivity index (χ2n) is 7.66. The molecule has 0 radical (unpaired) electrons. The van der Waals surface area contributed by atoms with E-state index in [-0.39, 0.29) is 0 Å². The number of imidazole rings is 1. The number of hydrogen-bond donors (Lipinski definition) is 1. The van der Waals surface area contributed by atoms with Crippen LogP contribution in [0.3, 0.4) is 0 Å². The van der Waals surface area contributed by atoms with Crippen LogP contribution in [0, 0.1) is 0 Å². The van der Waals surface area contributed by atoms with Crippen LogP contribution < -0.4 is 14.8 Å². The summed E-state index contributed by atoms with van der Waals surface area (Å²) in [5.41, 5.74) is 6.42. The lowest BCUT2D eigenvalue weighted by Crippen LogP contribution is -2.07. The van der Waals surface area contributed by atoms with Crippen molar-refractivity contribution < 1.29 is 9.47 Å². The van der Waals surface area contributed by atoms with Crippen molar-refractivity contribution >= 4 is 28.9 Å². The van der Waals surface area contributed by atoms with Crippen molar-refractivity contribution in [3.8, 4) is 11.5 Å². The van der Waals surface area contributed by atoms with Crippen molar-refractivity contribution in [3.05, 3.63) is 59.7 Å². The van der Waals surface area contributed by atoms with Crippen molar-refractivity contribution in [2.75, 3.05) is 19.0 Å². The Kier molecular flexibility index (Phi) is 4.94. The predicted molar refractivity (Wildman–Crippen MR) is 123 cm³/mol. The van der Waals surface area contributed by atoms with Gasteiger partial charge >= 0.3 is 0 Å². The summed E-state index contributed by atoms with van der Waals surface area (Å²) in [4.78, 5) is 14.0. The van der Waals surface area contributed by atoms with Gasteiger partial charge in [-0.05, 0) is 61.6 Å². The number of benzene rings is 1. The fraction of sp³-hybridized carbons (Fsp3) is 0.292. The van der Waals surface area contributed by atoms with Gasteiger partial charge in [0.05, 0.1) is 25.5 Å². The summed E-state index contributed by atoms with van der Waals surface area (Å²) in [6.45, 7) is 4.69. The van der Waals surface area contributed by atoms with E-state index in [1.54, 1.807) is 13.3 Å². The molecule has 0 spiro atoms. The number of methoxy groups -OCH3 is 1. The van der Waals surface area contributed by atoms with Crippen molar-refractivity contribution in [1.82, 2.24) is 14.4 Å². The average molecular weight is 415 g/mol. The van der Waals surface area contributed by atoms with E-state index in [2.05, 4.69) is 28.3 Å². The number of aliphatic imine (C=N–C) groups is 1. The Bertz CT molecular complexity index is 1240. The van der Waals surface area contributed by atoms with E-state index in [1.165, 1.54) is 16.7 Å². The van der Waals surface area contributed by atoms with Gasteiger partial charge in [-0.25, -0.2) is 9.97 Å². The molecule has 0 fully saturated rings. The number of nitrogens with one attached hydrogen (secondary N) is 1. The lowest BCUT2D eigenvalue weighted by molar-refractivity contribution is 0.311. The summed E-state index contributed by atoms with van der Waals surface area (Å²) < 4.78 is 13.1. The average Bonchev–Trinajstić information content (AvgIpc) is 3.41. The summed E-state index contributed by atoms with van der Waals surface area (Å²) in [5, 5.41) is 3.41. The molecular formula is C24H25N5O2. The zero-order valence-corrected chi connectivity index (χ0v) is 17.9. The Morgan fingerprint density at radius 2 is 2.13 bits per heavy atom. The van der Waals surface area contributed by atoms with Gasteiger partial charge in [0.1, 0.15) is 0 Å². The zero-order chi connectivity index (χ0) is 21.4. The Morgan fingerprint density at radius 3 is 2.97 bits per heavy atom. The van der Waals surface area contributed by atoms with E-state index in [0.29, 0.717) is 30.0 Å². The van der Waals surface area contributed by atoms with Gasteiger partial charge in [-0.15, -0.1) is 0 Å². The summed E-state index contributed by atoms with van der Waals surface area (Å²) in [6, 6.07) is 6.06. The molecule has 2 aromatic heterocycles. The van der Waals surface area contributed by atoms with Gasteiger partial charge in [-0.3, -0.25) is 4.99 Å². The van der Waals surface area contributed by atoms with Crippen LogP contribution in [-0.4, -0.2) is 40.3 Å². The minimum absolute atomic E-state index is 0.295. The van der Waals surface area contributed by atoms with Crippen LogP contribution in [0.5, 0.6) is 11.5 Å². The number of allylic oxidation sites excluding steroid dienone is 3. The van der Waals surface area contributed by atoms with Gasteiger partial charge in [-0.1, -0.05) is 0 Å². The molecule has 0 bridgehead atoms. The highest BCUT2D eigenvalue weighted by Crippen LogP contribution is 2.36. The van der Waals surface area contributed by atoms with Gasteiger partial charge in [0.15, 0.2) is 23.0 Å². The maximum absolute atomic E-state index is 5.62. The molecule has 0 saturated heterocycles. The molecule has 3 aromatic rings. The smallest absolute Gasteiger partial charge is 0.180 e. The van der Waals surface area contributed by atoms with E-state index in [0.717, 1.165) is 29.9 Å². The van der Waals surface area contributed by atoms with Gasteiger partial charge < -0.3 is 19.2 Å². The topological polar surface area (TPSA) is 73.0 Å². The predicted octanol–water partition coefficient (Wildman–Crippen LogP) is 4.83. The van der Waals surface area contributed by atoms with E-state index < -0.39 is 0 Å². The molecule has 158 valence electrons. The minimum Gasteiger partial charge on any atom is -0.493 e. The third kappa shape index (κ3) is 3.56. The Balaban J connectivity index is 1.52. The molecule has 5 rings (SSSR count). The van der Waals surface area contributed by atoms with Gasteiger partial charge in [-0.2, -0.15) is 0 Å². The van der Waals surface area contributed by atoms with Crippen LogP contribution in [-0.2, 0) is 0 Å². The number of ether oxygens (including phenoxy) is 2. The van der Waals surface area contributed by atoms with Crippen molar-refractivity contribution in [2.24, 2.45) is 4.99 Å². The number of fused-ring (bicyclic) bond motifs is 1. The standard InChI is InChI=1S/C24H25N5O2/c1-4-31-21-8-6-18(12-22(21)30-3)27-23-24-25-9-10-29(24)14-20(28-23)16-5-7-19-15(2)26-13-17(19)11-16/h6,8-15H,4-5,7H2,1-3H3,(H,27,28). The van der Waals surface area contributed by atoms with Crippen LogP contribution in [0.15, 0.2) is 59.0 Å². The van der Waals surface area contributed by atoms with Gasteiger partial charge in [0, 0.05) is 36.6 Å².